The highest BCUT2D eigenvalue weighted by Crippen LogP contribution is 2.33. The Morgan fingerprint density at radius 1 is 1.07 bits per heavy atom. The van der Waals surface area contributed by atoms with E-state index in [9.17, 15) is 19.5 Å². The van der Waals surface area contributed by atoms with Gasteiger partial charge in [-0.05, 0) is 76.1 Å². The molecule has 11 nitrogen and oxygen atoms in total. The van der Waals surface area contributed by atoms with Crippen LogP contribution in [-0.4, -0.2) is 83.6 Å². The van der Waals surface area contributed by atoms with E-state index in [-0.39, 0.29) is 30.0 Å². The molecular formula is C31H38N6O5. The van der Waals surface area contributed by atoms with Crippen LogP contribution in [0.25, 0.3) is 22.3 Å². The molecule has 1 N–H and O–H groups in total. The normalized spacial score (nSPS) is 19.1. The Morgan fingerprint density at radius 3 is 2.40 bits per heavy atom. The first kappa shape index (κ1) is 28.1. The Balaban J connectivity index is 1.13. The minimum Gasteiger partial charge on any atom is -0.444 e. The van der Waals surface area contributed by atoms with Crippen LogP contribution in [0.3, 0.4) is 0 Å². The fourth-order valence-corrected chi connectivity index (χ4v) is 5.70. The van der Waals surface area contributed by atoms with E-state index in [1.807, 2.05) is 49.9 Å². The predicted molar refractivity (Wildman–Crippen MR) is 157 cm³/mol. The third kappa shape index (κ3) is 5.83. The molecule has 2 fully saturated rings. The number of aromatic nitrogens is 4. The van der Waals surface area contributed by atoms with Crippen LogP contribution in [0.1, 0.15) is 58.4 Å². The molecule has 0 radical (unpaired) electrons. The molecule has 0 spiro atoms. The van der Waals surface area contributed by atoms with Gasteiger partial charge in [-0.3, -0.25) is 14.2 Å². The van der Waals surface area contributed by atoms with Crippen LogP contribution in [0.5, 0.6) is 0 Å². The molecule has 0 unspecified atom stereocenters. The van der Waals surface area contributed by atoms with Gasteiger partial charge in [0.25, 0.3) is 5.56 Å². The average Bonchev–Trinajstić information content (AvgIpc) is 3.72. The van der Waals surface area contributed by atoms with Gasteiger partial charge in [0, 0.05) is 32.1 Å². The van der Waals surface area contributed by atoms with Gasteiger partial charge in [0.05, 0.1) is 24.0 Å². The standard InChI is InChI=1S/C31H38N6O5/c1-30(2,3)42-29(40)35-14-10-22(11-15-35)21-6-8-24(9-7-21)37-26-25(18-33-37)28(39)36(20-32-26)19-31(41)12-16-34(17-13-31)27(38)23-4-5-23/h6-10,18,20,23,41H,4-5,11-17,19H2,1-3H3. The van der Waals surface area contributed by atoms with Gasteiger partial charge < -0.3 is 19.6 Å². The Hall–Kier alpha value is -3.99. The molecule has 1 saturated carbocycles. The van der Waals surface area contributed by atoms with Gasteiger partial charge in [0.2, 0.25) is 5.91 Å². The molecule has 3 aromatic rings. The number of amides is 2. The van der Waals surface area contributed by atoms with Gasteiger partial charge in [0.15, 0.2) is 5.65 Å². The Morgan fingerprint density at radius 2 is 1.79 bits per heavy atom. The molecule has 1 aliphatic carbocycles. The van der Waals surface area contributed by atoms with Crippen LogP contribution in [-0.2, 0) is 16.1 Å². The van der Waals surface area contributed by atoms with E-state index in [2.05, 4.69) is 16.2 Å². The van der Waals surface area contributed by atoms with Crippen molar-refractivity contribution in [1.29, 1.82) is 0 Å². The number of carbonyl (C=O) groups is 2. The second-order valence-corrected chi connectivity index (χ2v) is 12.7. The van der Waals surface area contributed by atoms with E-state index in [4.69, 9.17) is 4.74 Å². The zero-order valence-corrected chi connectivity index (χ0v) is 24.5. The number of rotatable bonds is 5. The summed E-state index contributed by atoms with van der Waals surface area (Å²) in [6.45, 7) is 7.81. The van der Waals surface area contributed by atoms with Crippen molar-refractivity contribution >= 4 is 28.6 Å². The number of benzene rings is 1. The van der Waals surface area contributed by atoms with Gasteiger partial charge >= 0.3 is 6.09 Å². The van der Waals surface area contributed by atoms with E-state index in [0.717, 1.165) is 36.1 Å². The van der Waals surface area contributed by atoms with Crippen LogP contribution in [0.15, 0.2) is 47.7 Å². The fraction of sp³-hybridized carbons (Fsp3) is 0.516. The summed E-state index contributed by atoms with van der Waals surface area (Å²) in [6, 6.07) is 7.90. The summed E-state index contributed by atoms with van der Waals surface area (Å²) in [7, 11) is 0. The zero-order chi connectivity index (χ0) is 29.6. The van der Waals surface area contributed by atoms with Gasteiger partial charge in [-0.15, -0.1) is 0 Å². The second kappa shape index (κ2) is 10.7. The van der Waals surface area contributed by atoms with Crippen molar-refractivity contribution in [2.75, 3.05) is 26.2 Å². The molecule has 0 bridgehead atoms. The van der Waals surface area contributed by atoms with Crippen LogP contribution in [0.2, 0.25) is 0 Å². The molecular weight excluding hydrogens is 536 g/mol. The number of nitrogens with zero attached hydrogens (tertiary/aromatic N) is 6. The van der Waals surface area contributed by atoms with E-state index in [1.165, 1.54) is 17.1 Å². The topological polar surface area (TPSA) is 123 Å². The molecule has 222 valence electrons. The van der Waals surface area contributed by atoms with Gasteiger partial charge in [0.1, 0.15) is 17.3 Å². The molecule has 1 aromatic carbocycles. The third-order valence-corrected chi connectivity index (χ3v) is 8.30. The van der Waals surface area contributed by atoms with E-state index < -0.39 is 11.2 Å². The van der Waals surface area contributed by atoms with Crippen molar-refractivity contribution in [2.24, 2.45) is 5.92 Å². The molecule has 0 atom stereocenters. The highest BCUT2D eigenvalue weighted by molar-refractivity contribution is 5.81. The number of carbonyl (C=O) groups excluding carboxylic acids is 2. The summed E-state index contributed by atoms with van der Waals surface area (Å²) >= 11 is 0. The lowest BCUT2D eigenvalue weighted by atomic mass is 9.91. The number of hydrogen-bond donors (Lipinski definition) is 1. The van der Waals surface area contributed by atoms with E-state index in [1.54, 1.807) is 9.58 Å². The summed E-state index contributed by atoms with van der Waals surface area (Å²) in [5, 5.41) is 16.0. The molecule has 6 rings (SSSR count). The van der Waals surface area contributed by atoms with Gasteiger partial charge in [-0.2, -0.15) is 5.10 Å². The Bertz CT molecular complexity index is 1590. The van der Waals surface area contributed by atoms with Gasteiger partial charge in [-0.25, -0.2) is 14.5 Å². The number of aliphatic hydroxyl groups is 1. The molecule has 4 heterocycles. The number of ether oxygens (including phenoxy) is 1. The number of hydrogen-bond acceptors (Lipinski definition) is 7. The first-order valence-electron chi connectivity index (χ1n) is 14.7. The minimum absolute atomic E-state index is 0.126. The maximum absolute atomic E-state index is 13.3. The Kier molecular flexibility index (Phi) is 7.16. The summed E-state index contributed by atoms with van der Waals surface area (Å²) in [4.78, 5) is 46.1. The fourth-order valence-electron chi connectivity index (χ4n) is 5.70. The highest BCUT2D eigenvalue weighted by atomic mass is 16.6. The zero-order valence-electron chi connectivity index (χ0n) is 24.5. The molecule has 2 aromatic heterocycles. The van der Waals surface area contributed by atoms with Crippen LogP contribution in [0.4, 0.5) is 4.79 Å². The summed E-state index contributed by atoms with van der Waals surface area (Å²) in [5.41, 5.74) is 1.60. The van der Waals surface area contributed by atoms with Crippen LogP contribution >= 0.6 is 0 Å². The van der Waals surface area contributed by atoms with Crippen molar-refractivity contribution in [2.45, 2.75) is 70.6 Å². The summed E-state index contributed by atoms with van der Waals surface area (Å²) in [6.07, 6.45) is 8.26. The van der Waals surface area contributed by atoms with Crippen LogP contribution < -0.4 is 5.56 Å². The van der Waals surface area contributed by atoms with E-state index in [0.29, 0.717) is 50.1 Å². The van der Waals surface area contributed by atoms with Crippen molar-refractivity contribution in [3.05, 3.63) is 58.8 Å². The lowest BCUT2D eigenvalue weighted by Gasteiger charge is -2.38. The van der Waals surface area contributed by atoms with Crippen LogP contribution in [0, 0.1) is 5.92 Å². The monoisotopic (exact) mass is 574 g/mol. The number of piperidine rings is 1. The van der Waals surface area contributed by atoms with Crippen molar-refractivity contribution in [3.8, 4) is 5.69 Å². The number of likely N-dealkylation sites (tertiary alicyclic amines) is 1. The number of fused-ring (bicyclic) bond motifs is 1. The average molecular weight is 575 g/mol. The predicted octanol–water partition coefficient (Wildman–Crippen LogP) is 3.37. The molecule has 11 heteroatoms. The maximum Gasteiger partial charge on any atom is 0.410 e. The minimum atomic E-state index is -1.07. The van der Waals surface area contributed by atoms with Crippen molar-refractivity contribution in [1.82, 2.24) is 29.1 Å². The molecule has 1 saturated heterocycles. The third-order valence-electron chi connectivity index (χ3n) is 8.30. The Labute approximate surface area is 244 Å². The van der Waals surface area contributed by atoms with Crippen molar-refractivity contribution in [3.63, 3.8) is 0 Å². The summed E-state index contributed by atoms with van der Waals surface area (Å²) < 4.78 is 8.57. The lowest BCUT2D eigenvalue weighted by Crippen LogP contribution is -2.50. The van der Waals surface area contributed by atoms with E-state index >= 15 is 0 Å². The maximum atomic E-state index is 13.3. The quantitative estimate of drug-likeness (QED) is 0.496. The first-order chi connectivity index (χ1) is 20.0. The van der Waals surface area contributed by atoms with Crippen molar-refractivity contribution < 1.29 is 19.4 Å². The molecule has 2 aliphatic heterocycles. The second-order valence-electron chi connectivity index (χ2n) is 12.7. The molecule has 3 aliphatic rings. The SMILES string of the molecule is CC(C)(C)OC(=O)N1CC=C(c2ccc(-n3ncc4c(=O)n(CC5(O)CCN(C(=O)C6CC6)CC5)cnc43)cc2)CC1. The summed E-state index contributed by atoms with van der Waals surface area (Å²) in [5.74, 6) is 0.359. The van der Waals surface area contributed by atoms with Gasteiger partial charge in [-0.1, -0.05) is 18.2 Å². The highest BCUT2D eigenvalue weighted by Gasteiger charge is 2.39. The molecule has 2 amide bonds. The molecule has 42 heavy (non-hydrogen) atoms. The smallest absolute Gasteiger partial charge is 0.410 e. The first-order valence-corrected chi connectivity index (χ1v) is 14.7. The largest absolute Gasteiger partial charge is 0.444 e. The lowest BCUT2D eigenvalue weighted by molar-refractivity contribution is -0.137.